The molecule has 0 bridgehead atoms. The Labute approximate surface area is 107 Å². The quantitative estimate of drug-likeness (QED) is 0.632. The van der Waals surface area contributed by atoms with Crippen molar-refractivity contribution < 1.29 is 0 Å². The molecule has 0 amide bonds. The Balaban J connectivity index is 1.84. The summed E-state index contributed by atoms with van der Waals surface area (Å²) in [6.45, 7) is 0. The lowest BCUT2D eigenvalue weighted by Gasteiger charge is -2.20. The van der Waals surface area contributed by atoms with Crippen molar-refractivity contribution in [2.24, 2.45) is 5.73 Å². The Morgan fingerprint density at radius 3 is 2.41 bits per heavy atom. The molecule has 2 rings (SSSR count). The van der Waals surface area contributed by atoms with Crippen LogP contribution >= 0.6 is 11.8 Å². The highest BCUT2D eigenvalue weighted by atomic mass is 32.2. The van der Waals surface area contributed by atoms with Gasteiger partial charge in [-0.25, -0.2) is 0 Å². The molecule has 1 aromatic carbocycles. The van der Waals surface area contributed by atoms with Crippen LogP contribution in [0.15, 0.2) is 24.3 Å². The molecule has 0 saturated heterocycles. The molecular formula is C14H20N2S. The predicted molar refractivity (Wildman–Crippen MR) is 75.6 cm³/mol. The highest BCUT2D eigenvalue weighted by molar-refractivity contribution is 7.99. The van der Waals surface area contributed by atoms with Gasteiger partial charge in [0.15, 0.2) is 0 Å². The molecule has 0 spiro atoms. The zero-order valence-corrected chi connectivity index (χ0v) is 10.9. The molecule has 1 aliphatic carbocycles. The van der Waals surface area contributed by atoms with Crippen molar-refractivity contribution in [3.05, 3.63) is 35.4 Å². The third-order valence-electron chi connectivity index (χ3n) is 3.30. The molecule has 1 fully saturated rings. The number of thioether (sulfide) groups is 1. The third kappa shape index (κ3) is 3.77. The molecule has 0 aromatic heterocycles. The first-order valence-electron chi connectivity index (χ1n) is 6.30. The van der Waals surface area contributed by atoms with Crippen molar-refractivity contribution >= 4 is 17.6 Å². The average Bonchev–Trinajstić information content (AvgIpc) is 2.38. The van der Waals surface area contributed by atoms with Crippen LogP contribution in [0.25, 0.3) is 0 Å². The maximum Gasteiger partial charge on any atom is 0.122 e. The lowest BCUT2D eigenvalue weighted by Crippen LogP contribution is -2.10. The molecular weight excluding hydrogens is 228 g/mol. The Hall–Kier alpha value is -0.960. The molecule has 0 unspecified atom stereocenters. The SMILES string of the molecule is N=C(N)c1ccc(CSC2CCCCC2)cc1. The molecule has 92 valence electrons. The van der Waals surface area contributed by atoms with Gasteiger partial charge in [0.05, 0.1) is 0 Å². The van der Waals surface area contributed by atoms with Gasteiger partial charge in [-0.1, -0.05) is 43.5 Å². The van der Waals surface area contributed by atoms with Crippen LogP contribution in [0.4, 0.5) is 0 Å². The largest absolute Gasteiger partial charge is 0.384 e. The van der Waals surface area contributed by atoms with Crippen LogP contribution in [0, 0.1) is 5.41 Å². The molecule has 0 radical (unpaired) electrons. The third-order valence-corrected chi connectivity index (χ3v) is 4.75. The van der Waals surface area contributed by atoms with Crippen LogP contribution < -0.4 is 5.73 Å². The lowest BCUT2D eigenvalue weighted by molar-refractivity contribution is 0.516. The standard InChI is InChI=1S/C14H20N2S/c15-14(16)12-8-6-11(7-9-12)10-17-13-4-2-1-3-5-13/h6-9,13H,1-5,10H2,(H3,15,16). The summed E-state index contributed by atoms with van der Waals surface area (Å²) >= 11 is 2.08. The highest BCUT2D eigenvalue weighted by Crippen LogP contribution is 2.30. The second-order valence-electron chi connectivity index (χ2n) is 4.68. The number of benzene rings is 1. The van der Waals surface area contributed by atoms with Gasteiger partial charge < -0.3 is 5.73 Å². The van der Waals surface area contributed by atoms with Gasteiger partial charge in [-0.3, -0.25) is 5.41 Å². The fraction of sp³-hybridized carbons (Fsp3) is 0.500. The van der Waals surface area contributed by atoms with E-state index in [1.807, 2.05) is 12.1 Å². The molecule has 1 saturated carbocycles. The van der Waals surface area contributed by atoms with E-state index in [-0.39, 0.29) is 5.84 Å². The minimum atomic E-state index is 0.150. The number of hydrogen-bond donors (Lipinski definition) is 2. The second-order valence-corrected chi connectivity index (χ2v) is 5.97. The molecule has 2 nitrogen and oxygen atoms in total. The van der Waals surface area contributed by atoms with E-state index in [1.54, 1.807) is 0 Å². The summed E-state index contributed by atoms with van der Waals surface area (Å²) < 4.78 is 0. The first-order chi connectivity index (χ1) is 8.25. The summed E-state index contributed by atoms with van der Waals surface area (Å²) in [5.41, 5.74) is 7.59. The van der Waals surface area contributed by atoms with Crippen LogP contribution in [-0.2, 0) is 5.75 Å². The Morgan fingerprint density at radius 1 is 1.18 bits per heavy atom. The predicted octanol–water partition coefficient (Wildman–Crippen LogP) is 3.54. The lowest BCUT2D eigenvalue weighted by atomic mass is 10.0. The van der Waals surface area contributed by atoms with Crippen LogP contribution in [0.2, 0.25) is 0 Å². The normalized spacial score (nSPS) is 16.9. The zero-order valence-electron chi connectivity index (χ0n) is 10.1. The van der Waals surface area contributed by atoms with E-state index < -0.39 is 0 Å². The molecule has 3 N–H and O–H groups in total. The van der Waals surface area contributed by atoms with Crippen molar-refractivity contribution in [3.8, 4) is 0 Å². The topological polar surface area (TPSA) is 49.9 Å². The number of rotatable bonds is 4. The summed E-state index contributed by atoms with van der Waals surface area (Å²) in [4.78, 5) is 0. The molecule has 3 heteroatoms. The fourth-order valence-corrected chi connectivity index (χ4v) is 3.51. The maximum atomic E-state index is 7.34. The van der Waals surface area contributed by atoms with Gasteiger partial charge in [-0.05, 0) is 18.4 Å². The van der Waals surface area contributed by atoms with Gasteiger partial charge in [-0.2, -0.15) is 11.8 Å². The first-order valence-corrected chi connectivity index (χ1v) is 7.35. The van der Waals surface area contributed by atoms with Crippen molar-refractivity contribution in [1.82, 2.24) is 0 Å². The van der Waals surface area contributed by atoms with Gasteiger partial charge in [0.2, 0.25) is 0 Å². The number of nitrogen functional groups attached to an aromatic ring is 1. The average molecular weight is 248 g/mol. The number of amidine groups is 1. The number of nitrogens with one attached hydrogen (secondary N) is 1. The molecule has 1 aliphatic rings. The van der Waals surface area contributed by atoms with E-state index in [4.69, 9.17) is 11.1 Å². The fourth-order valence-electron chi connectivity index (χ4n) is 2.23. The van der Waals surface area contributed by atoms with Crippen LogP contribution in [0.1, 0.15) is 43.2 Å². The molecule has 17 heavy (non-hydrogen) atoms. The van der Waals surface area contributed by atoms with Gasteiger partial charge in [-0.15, -0.1) is 0 Å². The van der Waals surface area contributed by atoms with E-state index in [1.165, 1.54) is 37.7 Å². The van der Waals surface area contributed by atoms with E-state index in [0.29, 0.717) is 0 Å². The summed E-state index contributed by atoms with van der Waals surface area (Å²) in [7, 11) is 0. The van der Waals surface area contributed by atoms with Crippen LogP contribution in [0.5, 0.6) is 0 Å². The molecule has 0 heterocycles. The van der Waals surface area contributed by atoms with E-state index in [9.17, 15) is 0 Å². The van der Waals surface area contributed by atoms with Gasteiger partial charge in [0.1, 0.15) is 5.84 Å². The minimum absolute atomic E-state index is 0.150. The first kappa shape index (κ1) is 12.5. The van der Waals surface area contributed by atoms with Crippen molar-refractivity contribution in [3.63, 3.8) is 0 Å². The summed E-state index contributed by atoms with van der Waals surface area (Å²) in [5.74, 6) is 1.24. The molecule has 0 aliphatic heterocycles. The minimum Gasteiger partial charge on any atom is -0.384 e. The highest BCUT2D eigenvalue weighted by Gasteiger charge is 2.13. The summed E-state index contributed by atoms with van der Waals surface area (Å²) in [6, 6.07) is 8.07. The van der Waals surface area contributed by atoms with E-state index >= 15 is 0 Å². The van der Waals surface area contributed by atoms with Crippen molar-refractivity contribution in [2.75, 3.05) is 0 Å². The maximum absolute atomic E-state index is 7.34. The van der Waals surface area contributed by atoms with Crippen molar-refractivity contribution in [1.29, 1.82) is 5.41 Å². The number of hydrogen-bond acceptors (Lipinski definition) is 2. The van der Waals surface area contributed by atoms with Crippen LogP contribution in [0.3, 0.4) is 0 Å². The second kappa shape index (κ2) is 6.10. The molecule has 1 aromatic rings. The Kier molecular flexibility index (Phi) is 4.49. The Bertz CT molecular complexity index is 366. The zero-order chi connectivity index (χ0) is 12.1. The van der Waals surface area contributed by atoms with Crippen LogP contribution in [-0.4, -0.2) is 11.1 Å². The molecule has 0 atom stereocenters. The monoisotopic (exact) mass is 248 g/mol. The van der Waals surface area contributed by atoms with Crippen molar-refractivity contribution in [2.45, 2.75) is 43.1 Å². The summed E-state index contributed by atoms with van der Waals surface area (Å²) in [6.07, 6.45) is 7.00. The van der Waals surface area contributed by atoms with Gasteiger partial charge in [0, 0.05) is 16.6 Å². The number of nitrogens with two attached hydrogens (primary N) is 1. The van der Waals surface area contributed by atoms with E-state index in [0.717, 1.165) is 16.6 Å². The summed E-state index contributed by atoms with van der Waals surface area (Å²) in [5, 5.41) is 8.20. The smallest absolute Gasteiger partial charge is 0.122 e. The van der Waals surface area contributed by atoms with E-state index in [2.05, 4.69) is 23.9 Å². The van der Waals surface area contributed by atoms with Gasteiger partial charge >= 0.3 is 0 Å². The van der Waals surface area contributed by atoms with Gasteiger partial charge in [0.25, 0.3) is 0 Å². The Morgan fingerprint density at radius 2 is 1.82 bits per heavy atom.